The maximum absolute atomic E-state index is 4.41. The van der Waals surface area contributed by atoms with E-state index in [4.69, 9.17) is 0 Å². The van der Waals surface area contributed by atoms with Crippen LogP contribution < -0.4 is 0 Å². The largest absolute Gasteiger partial charge is 0.266 e. The Hall–Kier alpha value is -2.30. The van der Waals surface area contributed by atoms with Gasteiger partial charge in [-0.1, -0.05) is 12.1 Å². The van der Waals surface area contributed by atoms with Crippen molar-refractivity contribution in [1.82, 2.24) is 24.7 Å². The predicted octanol–water partition coefficient (Wildman–Crippen LogP) is 1.83. The molecule has 2 aromatic heterocycles. The Labute approximate surface area is 98.2 Å². The van der Waals surface area contributed by atoms with Crippen molar-refractivity contribution < 1.29 is 0 Å². The lowest BCUT2D eigenvalue weighted by molar-refractivity contribution is 0.825. The summed E-state index contributed by atoms with van der Waals surface area (Å²) in [5.74, 6) is 0.557. The molecule has 84 valence electrons. The van der Waals surface area contributed by atoms with Crippen LogP contribution >= 0.6 is 0 Å². The summed E-state index contributed by atoms with van der Waals surface area (Å²) in [5.41, 5.74) is 3.64. The number of para-hydroxylation sites is 2. The minimum atomic E-state index is 0.557. The summed E-state index contributed by atoms with van der Waals surface area (Å²) in [6.45, 7) is 3.82. The molecule has 0 N–H and O–H groups in total. The van der Waals surface area contributed by atoms with Crippen LogP contribution in [0.3, 0.4) is 0 Å². The maximum atomic E-state index is 4.41. The smallest absolute Gasteiger partial charge is 0.255 e. The van der Waals surface area contributed by atoms with Gasteiger partial charge in [0.15, 0.2) is 0 Å². The van der Waals surface area contributed by atoms with Crippen LogP contribution in [0.4, 0.5) is 0 Å². The van der Waals surface area contributed by atoms with Gasteiger partial charge in [0.2, 0.25) is 0 Å². The highest BCUT2D eigenvalue weighted by Gasteiger charge is 2.07. The Morgan fingerprint density at radius 2 is 1.82 bits per heavy atom. The monoisotopic (exact) mass is 225 g/mol. The Morgan fingerprint density at radius 3 is 2.65 bits per heavy atom. The summed E-state index contributed by atoms with van der Waals surface area (Å²) >= 11 is 0. The van der Waals surface area contributed by atoms with Crippen LogP contribution in [0.25, 0.3) is 17.0 Å². The van der Waals surface area contributed by atoms with Crippen LogP contribution in [0.5, 0.6) is 0 Å². The molecule has 0 fully saturated rings. The third kappa shape index (κ3) is 1.56. The second-order valence-corrected chi connectivity index (χ2v) is 3.89. The predicted molar refractivity (Wildman–Crippen MR) is 63.9 cm³/mol. The van der Waals surface area contributed by atoms with Crippen molar-refractivity contribution in [2.45, 2.75) is 13.8 Å². The van der Waals surface area contributed by atoms with Gasteiger partial charge in [-0.25, -0.2) is 9.97 Å². The van der Waals surface area contributed by atoms with Gasteiger partial charge in [0.05, 0.1) is 22.4 Å². The molecule has 3 rings (SSSR count). The van der Waals surface area contributed by atoms with Gasteiger partial charge in [0, 0.05) is 0 Å². The van der Waals surface area contributed by atoms with Gasteiger partial charge in [-0.2, -0.15) is 5.10 Å². The van der Waals surface area contributed by atoms with E-state index in [9.17, 15) is 0 Å². The van der Waals surface area contributed by atoms with E-state index in [2.05, 4.69) is 20.2 Å². The molecule has 5 nitrogen and oxygen atoms in total. The highest BCUT2D eigenvalue weighted by Crippen LogP contribution is 2.15. The molecule has 0 saturated heterocycles. The number of hydrogen-bond acceptors (Lipinski definition) is 4. The molecule has 0 aliphatic heterocycles. The Morgan fingerprint density at radius 1 is 1.00 bits per heavy atom. The normalized spacial score (nSPS) is 10.9. The fourth-order valence-corrected chi connectivity index (χ4v) is 1.67. The molecule has 3 aromatic rings. The average molecular weight is 225 g/mol. The Balaban J connectivity index is 2.24. The van der Waals surface area contributed by atoms with Crippen LogP contribution in [-0.4, -0.2) is 24.7 Å². The second-order valence-electron chi connectivity index (χ2n) is 3.89. The molecule has 5 heteroatoms. The first-order valence-corrected chi connectivity index (χ1v) is 5.36. The standard InChI is InChI=1S/C12H11N5/c1-8-9(2)15-16-12(14-8)17-7-13-10-5-3-4-6-11(10)17/h3-7H,1-2H3. The molecule has 0 unspecified atom stereocenters. The van der Waals surface area contributed by atoms with E-state index in [1.54, 1.807) is 6.33 Å². The fraction of sp³-hybridized carbons (Fsp3) is 0.167. The quantitative estimate of drug-likeness (QED) is 0.634. The lowest BCUT2D eigenvalue weighted by Gasteiger charge is -2.03. The van der Waals surface area contributed by atoms with E-state index in [1.807, 2.05) is 42.7 Å². The zero-order chi connectivity index (χ0) is 11.8. The average Bonchev–Trinajstić information content (AvgIpc) is 2.76. The van der Waals surface area contributed by atoms with E-state index >= 15 is 0 Å². The minimum Gasteiger partial charge on any atom is -0.266 e. The van der Waals surface area contributed by atoms with Crippen molar-refractivity contribution >= 4 is 11.0 Å². The number of aryl methyl sites for hydroxylation is 2. The molecule has 2 heterocycles. The molecular weight excluding hydrogens is 214 g/mol. The number of nitrogens with zero attached hydrogens (tertiary/aromatic N) is 5. The topological polar surface area (TPSA) is 56.5 Å². The summed E-state index contributed by atoms with van der Waals surface area (Å²) in [7, 11) is 0. The van der Waals surface area contributed by atoms with Gasteiger partial charge < -0.3 is 0 Å². The van der Waals surface area contributed by atoms with Crippen molar-refractivity contribution in [1.29, 1.82) is 0 Å². The van der Waals surface area contributed by atoms with Gasteiger partial charge in [-0.3, -0.25) is 4.57 Å². The highest BCUT2D eigenvalue weighted by atomic mass is 15.3. The molecule has 17 heavy (non-hydrogen) atoms. The van der Waals surface area contributed by atoms with E-state index < -0.39 is 0 Å². The molecular formula is C12H11N5. The summed E-state index contributed by atoms with van der Waals surface area (Å²) < 4.78 is 1.84. The van der Waals surface area contributed by atoms with Crippen molar-refractivity contribution in [3.8, 4) is 5.95 Å². The lowest BCUT2D eigenvalue weighted by atomic mass is 10.3. The second kappa shape index (κ2) is 3.62. The molecule has 0 saturated carbocycles. The molecule has 0 aliphatic rings. The van der Waals surface area contributed by atoms with Gasteiger partial charge in [0.25, 0.3) is 5.95 Å². The van der Waals surface area contributed by atoms with Crippen molar-refractivity contribution in [2.75, 3.05) is 0 Å². The third-order valence-corrected chi connectivity index (χ3v) is 2.75. The van der Waals surface area contributed by atoms with Crippen LogP contribution in [0, 0.1) is 13.8 Å². The molecule has 1 aromatic carbocycles. The molecule has 0 atom stereocenters. The molecule has 0 radical (unpaired) electrons. The first-order chi connectivity index (χ1) is 8.25. The number of hydrogen-bond donors (Lipinski definition) is 0. The zero-order valence-corrected chi connectivity index (χ0v) is 9.62. The molecule has 0 amide bonds. The van der Waals surface area contributed by atoms with Crippen LogP contribution in [0.1, 0.15) is 11.4 Å². The molecule has 0 aliphatic carbocycles. The fourth-order valence-electron chi connectivity index (χ4n) is 1.67. The number of aromatic nitrogens is 5. The van der Waals surface area contributed by atoms with E-state index in [1.165, 1.54) is 0 Å². The first kappa shape index (κ1) is 9.89. The lowest BCUT2D eigenvalue weighted by Crippen LogP contribution is -2.05. The number of benzene rings is 1. The molecule has 0 spiro atoms. The minimum absolute atomic E-state index is 0.557. The maximum Gasteiger partial charge on any atom is 0.255 e. The summed E-state index contributed by atoms with van der Waals surface area (Å²) in [6.07, 6.45) is 1.72. The summed E-state index contributed by atoms with van der Waals surface area (Å²) in [4.78, 5) is 8.72. The zero-order valence-electron chi connectivity index (χ0n) is 9.62. The van der Waals surface area contributed by atoms with E-state index in [0.29, 0.717) is 5.95 Å². The Kier molecular flexibility index (Phi) is 2.11. The van der Waals surface area contributed by atoms with Gasteiger partial charge in [-0.15, -0.1) is 5.10 Å². The Bertz CT molecular complexity index is 686. The van der Waals surface area contributed by atoms with E-state index in [-0.39, 0.29) is 0 Å². The highest BCUT2D eigenvalue weighted by molar-refractivity contribution is 5.76. The van der Waals surface area contributed by atoms with Crippen LogP contribution in [0.15, 0.2) is 30.6 Å². The van der Waals surface area contributed by atoms with Crippen molar-refractivity contribution in [3.05, 3.63) is 42.0 Å². The number of rotatable bonds is 1. The van der Waals surface area contributed by atoms with Gasteiger partial charge >= 0.3 is 0 Å². The van der Waals surface area contributed by atoms with Gasteiger partial charge in [0.1, 0.15) is 6.33 Å². The van der Waals surface area contributed by atoms with E-state index in [0.717, 1.165) is 22.4 Å². The summed E-state index contributed by atoms with van der Waals surface area (Å²) in [5, 5.41) is 8.17. The first-order valence-electron chi connectivity index (χ1n) is 5.36. The van der Waals surface area contributed by atoms with Crippen molar-refractivity contribution in [2.24, 2.45) is 0 Å². The molecule has 0 bridgehead atoms. The van der Waals surface area contributed by atoms with Crippen LogP contribution in [-0.2, 0) is 0 Å². The van der Waals surface area contributed by atoms with Gasteiger partial charge in [-0.05, 0) is 26.0 Å². The SMILES string of the molecule is Cc1nnc(-n2cnc3ccccc32)nc1C. The van der Waals surface area contributed by atoms with Crippen LogP contribution in [0.2, 0.25) is 0 Å². The third-order valence-electron chi connectivity index (χ3n) is 2.75. The summed E-state index contributed by atoms with van der Waals surface area (Å²) in [6, 6.07) is 7.87. The van der Waals surface area contributed by atoms with Crippen molar-refractivity contribution in [3.63, 3.8) is 0 Å². The number of imidazole rings is 1. The number of fused-ring (bicyclic) bond motifs is 1.